The summed E-state index contributed by atoms with van der Waals surface area (Å²) in [5.74, 6) is -1.34. The first-order valence-corrected chi connectivity index (χ1v) is 6.19. The fourth-order valence-corrected chi connectivity index (χ4v) is 1.58. The summed E-state index contributed by atoms with van der Waals surface area (Å²) in [5.41, 5.74) is 5.45. The van der Waals surface area contributed by atoms with Gasteiger partial charge in [-0.15, -0.1) is 0 Å². The zero-order valence-electron chi connectivity index (χ0n) is 11.5. The van der Waals surface area contributed by atoms with Gasteiger partial charge in [0.15, 0.2) is 0 Å². The Balaban J connectivity index is 2.71. The average molecular weight is 289 g/mol. The Kier molecular flexibility index (Phi) is 5.89. The number of nitrogens with one attached hydrogen (secondary N) is 1. The lowest BCUT2D eigenvalue weighted by Crippen LogP contribution is -2.44. The Morgan fingerprint density at radius 3 is 2.43 bits per heavy atom. The van der Waals surface area contributed by atoms with Crippen LogP contribution in [0.5, 0.6) is 5.75 Å². The average Bonchev–Trinajstić information content (AvgIpc) is 2.43. The molecule has 7 nitrogen and oxygen atoms in total. The van der Waals surface area contributed by atoms with Crippen molar-refractivity contribution in [3.8, 4) is 11.8 Å². The molecule has 2 amide bonds. The van der Waals surface area contributed by atoms with Gasteiger partial charge in [-0.1, -0.05) is 0 Å². The number of hydrogen-bond acceptors (Lipinski definition) is 5. The standard InChI is InChI=1S/C14H15N3O4/c1-9(18)21-11-6-4-10(5-7-11)14(20)17-12(13(16)19)3-2-8-15/h4-7,12H,2-3H2,1H3,(H2,16,19)(H,17,20)/t12-/m1/s1. The van der Waals surface area contributed by atoms with E-state index in [0.29, 0.717) is 5.75 Å². The van der Waals surface area contributed by atoms with Crippen LogP contribution < -0.4 is 15.8 Å². The second-order valence-corrected chi connectivity index (χ2v) is 4.24. The Morgan fingerprint density at radius 2 is 1.95 bits per heavy atom. The van der Waals surface area contributed by atoms with Gasteiger partial charge in [0.2, 0.25) is 5.91 Å². The van der Waals surface area contributed by atoms with Gasteiger partial charge >= 0.3 is 5.97 Å². The van der Waals surface area contributed by atoms with Crippen molar-refractivity contribution in [3.63, 3.8) is 0 Å². The van der Waals surface area contributed by atoms with E-state index in [1.807, 2.05) is 6.07 Å². The Labute approximate surface area is 121 Å². The molecule has 21 heavy (non-hydrogen) atoms. The fourth-order valence-electron chi connectivity index (χ4n) is 1.58. The van der Waals surface area contributed by atoms with E-state index in [1.54, 1.807) is 0 Å². The highest BCUT2D eigenvalue weighted by Crippen LogP contribution is 2.12. The molecule has 0 aliphatic rings. The van der Waals surface area contributed by atoms with Crippen LogP contribution in [0.4, 0.5) is 0 Å². The highest BCUT2D eigenvalue weighted by molar-refractivity contribution is 5.97. The van der Waals surface area contributed by atoms with Crippen molar-refractivity contribution in [2.45, 2.75) is 25.8 Å². The quantitative estimate of drug-likeness (QED) is 0.583. The van der Waals surface area contributed by atoms with Crippen molar-refractivity contribution in [2.75, 3.05) is 0 Å². The minimum absolute atomic E-state index is 0.110. The summed E-state index contributed by atoms with van der Waals surface area (Å²) in [6.07, 6.45) is 0.266. The molecule has 1 aromatic carbocycles. The van der Waals surface area contributed by atoms with Gasteiger partial charge in [0.25, 0.3) is 5.91 Å². The van der Waals surface area contributed by atoms with Crippen molar-refractivity contribution in [2.24, 2.45) is 5.73 Å². The molecule has 0 bridgehead atoms. The smallest absolute Gasteiger partial charge is 0.308 e. The van der Waals surface area contributed by atoms with E-state index >= 15 is 0 Å². The lowest BCUT2D eigenvalue weighted by atomic mass is 10.1. The molecular formula is C14H15N3O4. The fraction of sp³-hybridized carbons (Fsp3) is 0.286. The van der Waals surface area contributed by atoms with Crippen molar-refractivity contribution < 1.29 is 19.1 Å². The van der Waals surface area contributed by atoms with Crippen LogP contribution in [0.25, 0.3) is 0 Å². The molecule has 0 aromatic heterocycles. The molecule has 110 valence electrons. The zero-order valence-corrected chi connectivity index (χ0v) is 11.5. The van der Waals surface area contributed by atoms with Crippen LogP contribution in [0.15, 0.2) is 24.3 Å². The van der Waals surface area contributed by atoms with Crippen molar-refractivity contribution in [3.05, 3.63) is 29.8 Å². The second kappa shape index (κ2) is 7.65. The molecule has 0 unspecified atom stereocenters. The first kappa shape index (κ1) is 16.2. The lowest BCUT2D eigenvalue weighted by molar-refractivity contribution is -0.131. The summed E-state index contributed by atoms with van der Waals surface area (Å²) < 4.78 is 4.84. The number of carbonyl (C=O) groups is 3. The van der Waals surface area contributed by atoms with Crippen LogP contribution in [0.1, 0.15) is 30.1 Å². The van der Waals surface area contributed by atoms with E-state index in [0.717, 1.165) is 0 Å². The van der Waals surface area contributed by atoms with Gasteiger partial charge in [-0.05, 0) is 30.7 Å². The zero-order chi connectivity index (χ0) is 15.8. The van der Waals surface area contributed by atoms with Crippen molar-refractivity contribution in [1.82, 2.24) is 5.32 Å². The van der Waals surface area contributed by atoms with E-state index in [9.17, 15) is 14.4 Å². The summed E-state index contributed by atoms with van der Waals surface area (Å²) in [4.78, 5) is 33.9. The highest BCUT2D eigenvalue weighted by atomic mass is 16.5. The third-order valence-corrected chi connectivity index (χ3v) is 2.57. The predicted octanol–water partition coefficient (Wildman–Crippen LogP) is 0.499. The monoisotopic (exact) mass is 289 g/mol. The number of carbonyl (C=O) groups excluding carboxylic acids is 3. The van der Waals surface area contributed by atoms with Crippen LogP contribution in [0.2, 0.25) is 0 Å². The Bertz CT molecular complexity index is 575. The third-order valence-electron chi connectivity index (χ3n) is 2.57. The first-order valence-electron chi connectivity index (χ1n) is 6.19. The number of esters is 1. The maximum Gasteiger partial charge on any atom is 0.308 e. The largest absolute Gasteiger partial charge is 0.427 e. The summed E-state index contributed by atoms with van der Waals surface area (Å²) >= 11 is 0. The van der Waals surface area contributed by atoms with E-state index in [-0.39, 0.29) is 18.4 Å². The lowest BCUT2D eigenvalue weighted by Gasteiger charge is -2.14. The molecule has 0 spiro atoms. The van der Waals surface area contributed by atoms with Crippen molar-refractivity contribution >= 4 is 17.8 Å². The van der Waals surface area contributed by atoms with Gasteiger partial charge in [-0.2, -0.15) is 5.26 Å². The molecule has 3 N–H and O–H groups in total. The predicted molar refractivity (Wildman–Crippen MR) is 73.0 cm³/mol. The molecule has 0 saturated heterocycles. The maximum absolute atomic E-state index is 11.9. The van der Waals surface area contributed by atoms with Gasteiger partial charge in [-0.3, -0.25) is 14.4 Å². The van der Waals surface area contributed by atoms with Crippen LogP contribution >= 0.6 is 0 Å². The number of benzene rings is 1. The van der Waals surface area contributed by atoms with Crippen molar-refractivity contribution in [1.29, 1.82) is 5.26 Å². The Hall–Kier alpha value is -2.88. The number of nitriles is 1. The van der Waals surface area contributed by atoms with Crippen LogP contribution in [-0.2, 0) is 9.59 Å². The molecule has 0 radical (unpaired) electrons. The number of rotatable bonds is 6. The maximum atomic E-state index is 11.9. The van der Waals surface area contributed by atoms with Crippen LogP contribution in [-0.4, -0.2) is 23.8 Å². The SMILES string of the molecule is CC(=O)Oc1ccc(C(=O)N[C@H](CCC#N)C(N)=O)cc1. The third kappa shape index (κ3) is 5.32. The number of hydrogen-bond donors (Lipinski definition) is 2. The summed E-state index contributed by atoms with van der Waals surface area (Å²) in [6, 6.07) is 6.82. The van der Waals surface area contributed by atoms with Gasteiger partial charge in [0, 0.05) is 18.9 Å². The van der Waals surface area contributed by atoms with Crippen LogP contribution in [0, 0.1) is 11.3 Å². The van der Waals surface area contributed by atoms with E-state index in [4.69, 9.17) is 15.7 Å². The van der Waals surface area contributed by atoms with E-state index in [1.165, 1.54) is 31.2 Å². The van der Waals surface area contributed by atoms with Gasteiger partial charge < -0.3 is 15.8 Å². The first-order chi connectivity index (χ1) is 9.93. The molecule has 0 saturated carbocycles. The van der Waals surface area contributed by atoms with Crippen LogP contribution in [0.3, 0.4) is 0 Å². The molecule has 0 fully saturated rings. The molecule has 0 heterocycles. The number of primary amides is 1. The molecule has 1 aromatic rings. The van der Waals surface area contributed by atoms with Gasteiger partial charge in [-0.25, -0.2) is 0 Å². The number of nitrogens with zero attached hydrogens (tertiary/aromatic N) is 1. The molecule has 0 aliphatic carbocycles. The minimum atomic E-state index is -0.898. The topological polar surface area (TPSA) is 122 Å². The summed E-state index contributed by atoms with van der Waals surface area (Å²) in [7, 11) is 0. The molecule has 1 atom stereocenters. The molecular weight excluding hydrogens is 274 g/mol. The number of amides is 2. The Morgan fingerprint density at radius 1 is 1.33 bits per heavy atom. The van der Waals surface area contributed by atoms with Gasteiger partial charge in [0.1, 0.15) is 11.8 Å². The number of ether oxygens (including phenoxy) is 1. The number of nitrogens with two attached hydrogens (primary N) is 1. The molecule has 7 heteroatoms. The highest BCUT2D eigenvalue weighted by Gasteiger charge is 2.18. The minimum Gasteiger partial charge on any atom is -0.427 e. The van der Waals surface area contributed by atoms with Gasteiger partial charge in [0.05, 0.1) is 6.07 Å². The van der Waals surface area contributed by atoms with E-state index in [2.05, 4.69) is 5.32 Å². The second-order valence-electron chi connectivity index (χ2n) is 4.24. The molecule has 0 aliphatic heterocycles. The normalized spacial score (nSPS) is 11.0. The summed E-state index contributed by atoms with van der Waals surface area (Å²) in [5, 5.41) is 10.9. The molecule has 1 rings (SSSR count). The van der Waals surface area contributed by atoms with E-state index < -0.39 is 23.8 Å². The summed E-state index contributed by atoms with van der Waals surface area (Å²) in [6.45, 7) is 1.27.